The second-order valence-corrected chi connectivity index (χ2v) is 5.20. The Balaban J connectivity index is 0.000000139. The molecule has 1 aromatic heterocycles. The number of carbonyl (C=O) groups excluding carboxylic acids is 1. The maximum Gasteiger partial charge on any atom is 0.347 e. The number of rotatable bonds is 2. The molecular formula is C18H14ClNO2. The van der Waals surface area contributed by atoms with Crippen LogP contribution in [0.2, 0.25) is 0 Å². The topological polar surface area (TPSA) is 39.2 Å². The number of benzene rings is 2. The lowest BCUT2D eigenvalue weighted by atomic mass is 10.1. The van der Waals surface area contributed by atoms with Gasteiger partial charge in [0.25, 0.3) is 0 Å². The van der Waals surface area contributed by atoms with Gasteiger partial charge in [-0.3, -0.25) is 4.98 Å². The number of carbonyl (C=O) groups is 1. The van der Waals surface area contributed by atoms with Crippen LogP contribution in [0.4, 0.5) is 0 Å². The molecule has 0 bridgehead atoms. The number of para-hydroxylation sites is 2. The van der Waals surface area contributed by atoms with Gasteiger partial charge in [0.2, 0.25) is 0 Å². The normalized spacial score (nSPS) is 11.8. The van der Waals surface area contributed by atoms with Crippen LogP contribution in [0.15, 0.2) is 60.7 Å². The molecule has 0 amide bonds. The molecule has 0 N–H and O–H groups in total. The maximum absolute atomic E-state index is 10.5. The van der Waals surface area contributed by atoms with Crippen LogP contribution in [0.1, 0.15) is 16.1 Å². The van der Waals surface area contributed by atoms with Gasteiger partial charge in [0, 0.05) is 23.4 Å². The van der Waals surface area contributed by atoms with Crippen LogP contribution in [0.3, 0.4) is 0 Å². The van der Waals surface area contributed by atoms with Gasteiger partial charge >= 0.3 is 5.97 Å². The zero-order chi connectivity index (χ0) is 15.4. The van der Waals surface area contributed by atoms with Crippen LogP contribution in [0.25, 0.3) is 10.9 Å². The zero-order valence-electron chi connectivity index (χ0n) is 11.8. The molecular weight excluding hydrogens is 298 g/mol. The zero-order valence-corrected chi connectivity index (χ0v) is 12.6. The fraction of sp³-hybridized carbons (Fsp3) is 0.111. The summed E-state index contributed by atoms with van der Waals surface area (Å²) in [5.41, 5.74) is 2.80. The summed E-state index contributed by atoms with van der Waals surface area (Å²) in [7, 11) is 0. The van der Waals surface area contributed by atoms with E-state index >= 15 is 0 Å². The molecule has 0 fully saturated rings. The van der Waals surface area contributed by atoms with Crippen LogP contribution in [-0.2, 0) is 6.42 Å². The van der Waals surface area contributed by atoms with Crippen molar-refractivity contribution in [3.8, 4) is 5.75 Å². The summed E-state index contributed by atoms with van der Waals surface area (Å²) in [5.74, 6) is 1.11. The smallest absolute Gasteiger partial charge is 0.347 e. The second kappa shape index (κ2) is 6.58. The monoisotopic (exact) mass is 311 g/mol. The third kappa shape index (κ3) is 3.10. The summed E-state index contributed by atoms with van der Waals surface area (Å²) in [6.07, 6.45) is 0.840. The molecule has 2 heterocycles. The van der Waals surface area contributed by atoms with Gasteiger partial charge in [-0.05, 0) is 24.3 Å². The van der Waals surface area contributed by atoms with E-state index in [1.807, 2.05) is 36.4 Å². The van der Waals surface area contributed by atoms with Gasteiger partial charge in [0.1, 0.15) is 11.3 Å². The average molecular weight is 312 g/mol. The molecule has 3 nitrogen and oxygen atoms in total. The van der Waals surface area contributed by atoms with Crippen molar-refractivity contribution in [1.29, 1.82) is 0 Å². The number of alkyl halides is 1. The molecule has 3 aromatic rings. The van der Waals surface area contributed by atoms with E-state index in [-0.39, 0.29) is 5.97 Å². The molecule has 0 saturated carbocycles. The lowest BCUT2D eigenvalue weighted by molar-refractivity contribution is 0.0659. The van der Waals surface area contributed by atoms with Crippen molar-refractivity contribution in [2.75, 3.05) is 5.88 Å². The van der Waals surface area contributed by atoms with Crippen molar-refractivity contribution in [3.63, 3.8) is 0 Å². The molecule has 22 heavy (non-hydrogen) atoms. The predicted molar refractivity (Wildman–Crippen MR) is 87.6 cm³/mol. The van der Waals surface area contributed by atoms with Gasteiger partial charge in [0.15, 0.2) is 0 Å². The third-order valence-corrected chi connectivity index (χ3v) is 3.51. The molecule has 1 aliphatic rings. The van der Waals surface area contributed by atoms with E-state index in [0.29, 0.717) is 17.2 Å². The summed E-state index contributed by atoms with van der Waals surface area (Å²) >= 11 is 5.65. The summed E-state index contributed by atoms with van der Waals surface area (Å²) in [4.78, 5) is 15.0. The number of pyridine rings is 1. The lowest BCUT2D eigenvalue weighted by Crippen LogP contribution is -2.19. The minimum absolute atomic E-state index is 0.217. The van der Waals surface area contributed by atoms with E-state index in [4.69, 9.17) is 11.6 Å². The molecule has 0 radical (unpaired) electrons. The van der Waals surface area contributed by atoms with Crippen LogP contribution in [0.5, 0.6) is 5.75 Å². The van der Waals surface area contributed by atoms with Crippen LogP contribution in [0, 0.1) is 0 Å². The fourth-order valence-corrected chi connectivity index (χ4v) is 2.37. The van der Waals surface area contributed by atoms with E-state index in [1.54, 1.807) is 12.1 Å². The molecule has 0 saturated heterocycles. The fourth-order valence-electron chi connectivity index (χ4n) is 2.18. The van der Waals surface area contributed by atoms with E-state index in [2.05, 4.69) is 21.9 Å². The molecule has 4 heteroatoms. The molecule has 2 aromatic carbocycles. The largest absolute Gasteiger partial charge is 0.422 e. The Hall–Kier alpha value is -2.39. The number of halogens is 1. The summed E-state index contributed by atoms with van der Waals surface area (Å²) < 4.78 is 4.65. The first-order chi connectivity index (χ1) is 10.8. The number of ether oxygens (including phenoxy) is 1. The Bertz CT molecular complexity index is 817. The highest BCUT2D eigenvalue weighted by Gasteiger charge is 2.23. The van der Waals surface area contributed by atoms with Crippen molar-refractivity contribution in [3.05, 3.63) is 71.9 Å². The molecule has 4 rings (SSSR count). The Morgan fingerprint density at radius 2 is 1.73 bits per heavy atom. The minimum Gasteiger partial charge on any atom is -0.422 e. The number of aromatic nitrogens is 1. The first kappa shape index (κ1) is 14.5. The number of hydrogen-bond acceptors (Lipinski definition) is 3. The van der Waals surface area contributed by atoms with Gasteiger partial charge in [-0.25, -0.2) is 4.79 Å². The van der Waals surface area contributed by atoms with Crippen LogP contribution < -0.4 is 4.74 Å². The highest BCUT2D eigenvalue weighted by atomic mass is 35.5. The molecule has 1 aliphatic heterocycles. The molecule has 0 aliphatic carbocycles. The van der Waals surface area contributed by atoms with Gasteiger partial charge in [0.05, 0.1) is 5.52 Å². The predicted octanol–water partition coefficient (Wildman–Crippen LogP) is 4.24. The van der Waals surface area contributed by atoms with Crippen LogP contribution >= 0.6 is 11.6 Å². The summed E-state index contributed by atoms with van der Waals surface area (Å²) in [6.45, 7) is 0. The van der Waals surface area contributed by atoms with Gasteiger partial charge in [-0.2, -0.15) is 0 Å². The van der Waals surface area contributed by atoms with E-state index in [1.165, 1.54) is 5.39 Å². The van der Waals surface area contributed by atoms with E-state index < -0.39 is 0 Å². The van der Waals surface area contributed by atoms with Crippen molar-refractivity contribution < 1.29 is 9.53 Å². The van der Waals surface area contributed by atoms with Crippen molar-refractivity contribution in [2.45, 2.75) is 6.42 Å². The SMILES string of the molecule is ClCCc1ccc2ccccc2n1.O=C1Oc2ccccc21. The lowest BCUT2D eigenvalue weighted by Gasteiger charge is -2.15. The Kier molecular flexibility index (Phi) is 4.35. The third-order valence-electron chi connectivity index (χ3n) is 3.32. The summed E-state index contributed by atoms with van der Waals surface area (Å²) in [6, 6.07) is 19.4. The van der Waals surface area contributed by atoms with Gasteiger partial charge in [-0.1, -0.05) is 36.4 Å². The van der Waals surface area contributed by atoms with E-state index in [9.17, 15) is 4.79 Å². The molecule has 0 unspecified atom stereocenters. The quantitative estimate of drug-likeness (QED) is 0.525. The number of nitrogens with zero attached hydrogens (tertiary/aromatic N) is 1. The summed E-state index contributed by atoms with van der Waals surface area (Å²) in [5, 5.41) is 1.18. The molecule has 110 valence electrons. The first-order valence-electron chi connectivity index (χ1n) is 7.00. The number of hydrogen-bond donors (Lipinski definition) is 0. The highest BCUT2D eigenvalue weighted by Crippen LogP contribution is 2.27. The van der Waals surface area contributed by atoms with Gasteiger partial charge in [-0.15, -0.1) is 11.6 Å². The first-order valence-corrected chi connectivity index (χ1v) is 7.53. The molecule has 0 spiro atoms. The van der Waals surface area contributed by atoms with Gasteiger partial charge < -0.3 is 4.74 Å². The van der Waals surface area contributed by atoms with Crippen LogP contribution in [-0.4, -0.2) is 16.8 Å². The Morgan fingerprint density at radius 3 is 2.45 bits per heavy atom. The Morgan fingerprint density at radius 1 is 0.955 bits per heavy atom. The second-order valence-electron chi connectivity index (χ2n) is 4.82. The highest BCUT2D eigenvalue weighted by molar-refractivity contribution is 6.17. The minimum atomic E-state index is -0.217. The Labute approximate surface area is 133 Å². The molecule has 0 atom stereocenters. The number of esters is 1. The van der Waals surface area contributed by atoms with Crippen molar-refractivity contribution >= 4 is 28.5 Å². The van der Waals surface area contributed by atoms with Crippen molar-refractivity contribution in [1.82, 2.24) is 4.98 Å². The average Bonchev–Trinajstić information content (AvgIpc) is 2.55. The van der Waals surface area contributed by atoms with E-state index in [0.717, 1.165) is 17.6 Å². The maximum atomic E-state index is 10.5. The number of fused-ring (bicyclic) bond motifs is 2. The van der Waals surface area contributed by atoms with Crippen molar-refractivity contribution in [2.24, 2.45) is 0 Å². The standard InChI is InChI=1S/C11H10ClN.C7H4O2/c12-8-7-10-6-5-9-3-1-2-4-11(9)13-10;8-7-5-3-1-2-4-6(5)9-7/h1-6H,7-8H2;1-4H. The number of aryl methyl sites for hydroxylation is 1.